The summed E-state index contributed by atoms with van der Waals surface area (Å²) in [5.41, 5.74) is -0.232. The SMILES string of the molecule is O=Cc1cccc(Cl)c1Oc1cc(Cl)c(Cl)cc1[N+](=O)[O-]. The normalized spacial score (nSPS) is 10.2. The number of para-hydroxylation sites is 1. The molecule has 0 bridgehead atoms. The van der Waals surface area contributed by atoms with Gasteiger partial charge in [0.15, 0.2) is 12.0 Å². The van der Waals surface area contributed by atoms with E-state index in [2.05, 4.69) is 0 Å². The van der Waals surface area contributed by atoms with Crippen molar-refractivity contribution in [3.8, 4) is 11.5 Å². The van der Waals surface area contributed by atoms with Crippen molar-refractivity contribution >= 4 is 46.8 Å². The number of benzene rings is 2. The number of carbonyl (C=O) groups excluding carboxylic acids is 1. The number of aldehydes is 1. The Morgan fingerprint density at radius 3 is 2.38 bits per heavy atom. The van der Waals surface area contributed by atoms with Crippen molar-refractivity contribution in [2.24, 2.45) is 0 Å². The van der Waals surface area contributed by atoms with Gasteiger partial charge in [-0.3, -0.25) is 14.9 Å². The van der Waals surface area contributed by atoms with Crippen molar-refractivity contribution in [3.05, 3.63) is 61.1 Å². The summed E-state index contributed by atoms with van der Waals surface area (Å²) in [6.45, 7) is 0. The van der Waals surface area contributed by atoms with E-state index >= 15 is 0 Å². The number of halogens is 3. The third-order valence-corrected chi connectivity index (χ3v) is 3.55. The summed E-state index contributed by atoms with van der Waals surface area (Å²) >= 11 is 17.5. The van der Waals surface area contributed by atoms with Crippen LogP contribution in [0, 0.1) is 10.1 Å². The second-order valence-corrected chi connectivity index (χ2v) is 5.09. The standard InChI is InChI=1S/C13H6Cl3NO4/c14-8-3-1-2-7(6-18)13(8)21-12-5-10(16)9(15)4-11(12)17(19)20/h1-6H. The molecule has 0 amide bonds. The van der Waals surface area contributed by atoms with Crippen LogP contribution < -0.4 is 4.74 Å². The number of rotatable bonds is 4. The molecule has 2 aromatic rings. The van der Waals surface area contributed by atoms with Gasteiger partial charge in [0.2, 0.25) is 5.75 Å². The zero-order valence-electron chi connectivity index (χ0n) is 10.2. The van der Waals surface area contributed by atoms with Gasteiger partial charge in [0, 0.05) is 12.1 Å². The molecule has 0 unspecified atom stereocenters. The molecule has 0 atom stereocenters. The summed E-state index contributed by atoms with van der Waals surface area (Å²) in [6.07, 6.45) is 0.532. The first-order valence-corrected chi connectivity index (χ1v) is 6.62. The van der Waals surface area contributed by atoms with Crippen molar-refractivity contribution in [1.29, 1.82) is 0 Å². The second-order valence-electron chi connectivity index (χ2n) is 3.87. The fourth-order valence-corrected chi connectivity index (χ4v) is 2.11. The van der Waals surface area contributed by atoms with Gasteiger partial charge in [0.25, 0.3) is 0 Å². The van der Waals surface area contributed by atoms with Crippen LogP contribution in [0.15, 0.2) is 30.3 Å². The highest BCUT2D eigenvalue weighted by atomic mass is 35.5. The zero-order chi connectivity index (χ0) is 15.6. The summed E-state index contributed by atoms with van der Waals surface area (Å²) < 4.78 is 5.41. The van der Waals surface area contributed by atoms with Crippen LogP contribution in [-0.2, 0) is 0 Å². The lowest BCUT2D eigenvalue weighted by molar-refractivity contribution is -0.385. The molecule has 0 aliphatic rings. The van der Waals surface area contributed by atoms with Crippen LogP contribution in [-0.4, -0.2) is 11.2 Å². The lowest BCUT2D eigenvalue weighted by Gasteiger charge is -2.10. The number of nitro benzene ring substituents is 1. The lowest BCUT2D eigenvalue weighted by Crippen LogP contribution is -1.96. The first-order chi connectivity index (χ1) is 9.93. The zero-order valence-corrected chi connectivity index (χ0v) is 12.4. The Balaban J connectivity index is 2.57. The fraction of sp³-hybridized carbons (Fsp3) is 0. The van der Waals surface area contributed by atoms with Crippen LogP contribution in [0.2, 0.25) is 15.1 Å². The van der Waals surface area contributed by atoms with Crippen molar-refractivity contribution in [2.75, 3.05) is 0 Å². The molecule has 0 aromatic heterocycles. The molecule has 0 aliphatic heterocycles. The largest absolute Gasteiger partial charge is 0.448 e. The van der Waals surface area contributed by atoms with Gasteiger partial charge in [0.1, 0.15) is 0 Å². The third kappa shape index (κ3) is 3.26. The predicted molar refractivity (Wildman–Crippen MR) is 80.0 cm³/mol. The Morgan fingerprint density at radius 1 is 1.10 bits per heavy atom. The smallest absolute Gasteiger partial charge is 0.313 e. The first kappa shape index (κ1) is 15.6. The highest BCUT2D eigenvalue weighted by Gasteiger charge is 2.21. The molecule has 5 nitrogen and oxygen atoms in total. The van der Waals surface area contributed by atoms with E-state index < -0.39 is 4.92 Å². The van der Waals surface area contributed by atoms with Gasteiger partial charge in [-0.25, -0.2) is 0 Å². The second kappa shape index (κ2) is 6.30. The minimum Gasteiger partial charge on any atom is -0.448 e. The van der Waals surface area contributed by atoms with Gasteiger partial charge < -0.3 is 4.74 Å². The molecular weight excluding hydrogens is 341 g/mol. The van der Waals surface area contributed by atoms with E-state index in [9.17, 15) is 14.9 Å². The maximum atomic E-state index is 11.0. The molecule has 0 spiro atoms. The quantitative estimate of drug-likeness (QED) is 0.435. The summed E-state index contributed by atoms with van der Waals surface area (Å²) in [7, 11) is 0. The number of nitrogens with zero attached hydrogens (tertiary/aromatic N) is 1. The monoisotopic (exact) mass is 345 g/mol. The Hall–Kier alpha value is -1.82. The Morgan fingerprint density at radius 2 is 1.76 bits per heavy atom. The molecule has 8 heteroatoms. The molecule has 108 valence electrons. The number of hydrogen-bond donors (Lipinski definition) is 0. The topological polar surface area (TPSA) is 69.4 Å². The Bertz CT molecular complexity index is 734. The van der Waals surface area contributed by atoms with Crippen molar-refractivity contribution < 1.29 is 14.5 Å². The van der Waals surface area contributed by atoms with Gasteiger partial charge >= 0.3 is 5.69 Å². The van der Waals surface area contributed by atoms with Gasteiger partial charge in [0.05, 0.1) is 25.6 Å². The van der Waals surface area contributed by atoms with Crippen molar-refractivity contribution in [3.63, 3.8) is 0 Å². The molecule has 2 rings (SSSR count). The Labute approximate surface area is 134 Å². The van der Waals surface area contributed by atoms with Crippen LogP contribution in [0.3, 0.4) is 0 Å². The van der Waals surface area contributed by atoms with E-state index in [1.54, 1.807) is 6.07 Å². The van der Waals surface area contributed by atoms with Crippen LogP contribution in [0.5, 0.6) is 11.5 Å². The highest BCUT2D eigenvalue weighted by Crippen LogP contribution is 2.40. The maximum absolute atomic E-state index is 11.0. The molecule has 2 aromatic carbocycles. The molecule has 21 heavy (non-hydrogen) atoms. The molecule has 0 aliphatic carbocycles. The van der Waals surface area contributed by atoms with Crippen molar-refractivity contribution in [2.45, 2.75) is 0 Å². The van der Waals surface area contributed by atoms with Crippen LogP contribution in [0.25, 0.3) is 0 Å². The van der Waals surface area contributed by atoms with Crippen molar-refractivity contribution in [1.82, 2.24) is 0 Å². The van der Waals surface area contributed by atoms with E-state index in [1.165, 1.54) is 18.2 Å². The lowest BCUT2D eigenvalue weighted by atomic mass is 10.2. The average Bonchev–Trinajstić information content (AvgIpc) is 2.44. The van der Waals surface area contributed by atoms with E-state index in [0.717, 1.165) is 6.07 Å². The summed E-state index contributed by atoms with van der Waals surface area (Å²) in [5.74, 6) is -0.152. The van der Waals surface area contributed by atoms with Crippen LogP contribution in [0.4, 0.5) is 5.69 Å². The number of ether oxygens (including phenoxy) is 1. The predicted octanol–water partition coefficient (Wildman–Crippen LogP) is 5.16. The minimum atomic E-state index is -0.672. The molecule has 0 heterocycles. The number of nitro groups is 1. The molecule has 0 fully saturated rings. The molecule has 0 saturated carbocycles. The number of hydrogen-bond acceptors (Lipinski definition) is 4. The average molecular weight is 347 g/mol. The van der Waals surface area contributed by atoms with E-state index in [0.29, 0.717) is 6.29 Å². The van der Waals surface area contributed by atoms with E-state index in [1.807, 2.05) is 0 Å². The highest BCUT2D eigenvalue weighted by molar-refractivity contribution is 6.42. The summed E-state index contributed by atoms with van der Waals surface area (Å²) in [5, 5.41) is 11.3. The maximum Gasteiger partial charge on any atom is 0.313 e. The van der Waals surface area contributed by atoms with Gasteiger partial charge in [-0.15, -0.1) is 0 Å². The van der Waals surface area contributed by atoms with E-state index in [4.69, 9.17) is 39.5 Å². The van der Waals surface area contributed by atoms with Gasteiger partial charge in [-0.1, -0.05) is 40.9 Å². The minimum absolute atomic E-state index is 0.00987. The Kier molecular flexibility index (Phi) is 4.67. The fourth-order valence-electron chi connectivity index (χ4n) is 1.58. The number of carbonyl (C=O) groups is 1. The molecule has 0 saturated heterocycles. The van der Waals surface area contributed by atoms with Gasteiger partial charge in [-0.2, -0.15) is 0 Å². The molecule has 0 N–H and O–H groups in total. The van der Waals surface area contributed by atoms with Crippen LogP contribution >= 0.6 is 34.8 Å². The third-order valence-electron chi connectivity index (χ3n) is 2.53. The first-order valence-electron chi connectivity index (χ1n) is 5.49. The summed E-state index contributed by atoms with van der Waals surface area (Å²) in [4.78, 5) is 21.4. The van der Waals surface area contributed by atoms with Gasteiger partial charge in [-0.05, 0) is 12.1 Å². The van der Waals surface area contributed by atoms with Crippen LogP contribution in [0.1, 0.15) is 10.4 Å². The molecule has 0 radical (unpaired) electrons. The van der Waals surface area contributed by atoms with E-state index in [-0.39, 0.29) is 37.8 Å². The summed E-state index contributed by atoms with van der Waals surface area (Å²) in [6, 6.07) is 6.78. The molecular formula is C13H6Cl3NO4.